The fraction of sp³-hybridized carbons (Fsp3) is 0.333. The zero-order valence-electron chi connectivity index (χ0n) is 11.7. The predicted molar refractivity (Wildman–Crippen MR) is 81.3 cm³/mol. The maximum absolute atomic E-state index is 12.1. The molecule has 0 aliphatic rings. The van der Waals surface area contributed by atoms with Crippen LogP contribution >= 0.6 is 11.3 Å². The summed E-state index contributed by atoms with van der Waals surface area (Å²) in [5.74, 6) is -0.0680. The average Bonchev–Trinajstić information content (AvgIpc) is 2.93. The van der Waals surface area contributed by atoms with Crippen LogP contribution in [-0.2, 0) is 10.3 Å². The van der Waals surface area contributed by atoms with Gasteiger partial charge in [-0.1, -0.05) is 30.3 Å². The van der Waals surface area contributed by atoms with E-state index in [1.807, 2.05) is 49.6 Å². The molecule has 1 aromatic carbocycles. The van der Waals surface area contributed by atoms with Gasteiger partial charge in [-0.25, -0.2) is 4.98 Å². The van der Waals surface area contributed by atoms with E-state index >= 15 is 0 Å². The molecule has 0 bridgehead atoms. The summed E-state index contributed by atoms with van der Waals surface area (Å²) in [7, 11) is 0. The van der Waals surface area contributed by atoms with Crippen molar-refractivity contribution in [3.63, 3.8) is 0 Å². The number of benzene rings is 1. The minimum absolute atomic E-state index is 0.0680. The molecular weight excluding hydrogens is 270 g/mol. The molecule has 2 aromatic rings. The second-order valence-electron chi connectivity index (χ2n) is 5.23. The average molecular weight is 289 g/mol. The number of thiazole rings is 1. The topological polar surface area (TPSA) is 68.0 Å². The number of hydrogen-bond donors (Lipinski definition) is 2. The molecule has 0 fully saturated rings. The quantitative estimate of drug-likeness (QED) is 0.889. The monoisotopic (exact) mass is 289 g/mol. The molecule has 0 aliphatic heterocycles. The maximum atomic E-state index is 12.1. The first kappa shape index (κ1) is 14.7. The van der Waals surface area contributed by atoms with Crippen molar-refractivity contribution in [3.05, 3.63) is 52.5 Å². The number of aromatic nitrogens is 1. The van der Waals surface area contributed by atoms with Crippen LogP contribution < -0.4 is 11.1 Å². The largest absolute Gasteiger partial charge is 0.345 e. The van der Waals surface area contributed by atoms with E-state index < -0.39 is 5.54 Å². The van der Waals surface area contributed by atoms with Gasteiger partial charge in [-0.05, 0) is 19.4 Å². The molecule has 5 heteroatoms. The summed E-state index contributed by atoms with van der Waals surface area (Å²) in [6.45, 7) is 3.88. The Balaban J connectivity index is 1.96. The molecule has 0 saturated carbocycles. The number of carbonyl (C=O) groups excluding carboxylic acids is 1. The fourth-order valence-corrected chi connectivity index (χ4v) is 2.72. The second-order valence-corrected chi connectivity index (χ2v) is 6.13. The molecule has 3 N–H and O–H groups in total. The van der Waals surface area contributed by atoms with Crippen LogP contribution in [0.1, 0.15) is 36.9 Å². The number of amides is 1. The Labute approximate surface area is 123 Å². The van der Waals surface area contributed by atoms with E-state index in [4.69, 9.17) is 5.73 Å². The summed E-state index contributed by atoms with van der Waals surface area (Å²) in [5.41, 5.74) is 6.56. The summed E-state index contributed by atoms with van der Waals surface area (Å²) in [4.78, 5) is 16.4. The smallest absolute Gasteiger partial charge is 0.222 e. The van der Waals surface area contributed by atoms with Gasteiger partial charge in [0.2, 0.25) is 5.91 Å². The molecular formula is C15H19N3OS. The lowest BCUT2D eigenvalue weighted by atomic mass is 10.0. The van der Waals surface area contributed by atoms with Crippen molar-refractivity contribution in [2.75, 3.05) is 0 Å². The van der Waals surface area contributed by atoms with Crippen molar-refractivity contribution < 1.29 is 4.79 Å². The van der Waals surface area contributed by atoms with Crippen LogP contribution in [0.4, 0.5) is 0 Å². The summed E-state index contributed by atoms with van der Waals surface area (Å²) in [6.07, 6.45) is 2.00. The van der Waals surface area contributed by atoms with Crippen LogP contribution in [-0.4, -0.2) is 10.9 Å². The SMILES string of the molecule is CC(C)(NC(=O)C[C@H](N)c1ccccc1)c1nccs1. The summed E-state index contributed by atoms with van der Waals surface area (Å²) in [6, 6.07) is 9.36. The molecule has 1 aromatic heterocycles. The molecule has 0 radical (unpaired) electrons. The Morgan fingerprint density at radius 3 is 2.70 bits per heavy atom. The highest BCUT2D eigenvalue weighted by Gasteiger charge is 2.26. The third-order valence-electron chi connectivity index (χ3n) is 3.05. The van der Waals surface area contributed by atoms with Gasteiger partial charge in [0.15, 0.2) is 0 Å². The van der Waals surface area contributed by atoms with Crippen molar-refractivity contribution in [2.24, 2.45) is 5.73 Å². The van der Waals surface area contributed by atoms with Crippen molar-refractivity contribution in [1.82, 2.24) is 10.3 Å². The number of nitrogens with one attached hydrogen (secondary N) is 1. The molecule has 0 unspecified atom stereocenters. The first-order chi connectivity index (χ1) is 9.49. The number of nitrogens with zero attached hydrogens (tertiary/aromatic N) is 1. The van der Waals surface area contributed by atoms with E-state index in [-0.39, 0.29) is 18.4 Å². The van der Waals surface area contributed by atoms with Crippen LogP contribution in [0.2, 0.25) is 0 Å². The standard InChI is InChI=1S/C15H19N3OS/c1-15(2,14-17-8-9-20-14)18-13(19)10-12(16)11-6-4-3-5-7-11/h3-9,12H,10,16H2,1-2H3,(H,18,19)/t12-/m0/s1. The number of nitrogens with two attached hydrogens (primary N) is 1. The maximum Gasteiger partial charge on any atom is 0.222 e. The molecule has 1 amide bonds. The molecule has 2 rings (SSSR count). The van der Waals surface area contributed by atoms with Gasteiger partial charge in [0, 0.05) is 24.0 Å². The van der Waals surface area contributed by atoms with Crippen molar-refractivity contribution in [2.45, 2.75) is 31.8 Å². The Bertz CT molecular complexity index is 552. The molecule has 0 aliphatic carbocycles. The minimum atomic E-state index is -0.471. The lowest BCUT2D eigenvalue weighted by Gasteiger charge is -2.24. The van der Waals surface area contributed by atoms with E-state index in [1.165, 1.54) is 11.3 Å². The molecule has 106 valence electrons. The predicted octanol–water partition coefficient (Wildman–Crippen LogP) is 2.58. The third-order valence-corrected chi connectivity index (χ3v) is 4.15. The first-order valence-corrected chi connectivity index (χ1v) is 7.38. The van der Waals surface area contributed by atoms with Crippen LogP contribution in [0.5, 0.6) is 0 Å². The number of carbonyl (C=O) groups is 1. The van der Waals surface area contributed by atoms with Gasteiger partial charge >= 0.3 is 0 Å². The lowest BCUT2D eigenvalue weighted by molar-refractivity contribution is -0.123. The second kappa shape index (κ2) is 6.15. The highest BCUT2D eigenvalue weighted by Crippen LogP contribution is 2.23. The summed E-state index contributed by atoms with van der Waals surface area (Å²) >= 11 is 1.53. The van der Waals surface area contributed by atoms with Crippen molar-refractivity contribution in [3.8, 4) is 0 Å². The van der Waals surface area contributed by atoms with Crippen LogP contribution in [0.15, 0.2) is 41.9 Å². The van der Waals surface area contributed by atoms with E-state index in [1.54, 1.807) is 6.20 Å². The van der Waals surface area contributed by atoms with Gasteiger partial charge in [-0.2, -0.15) is 0 Å². The van der Waals surface area contributed by atoms with Crippen molar-refractivity contribution >= 4 is 17.2 Å². The molecule has 0 saturated heterocycles. The van der Waals surface area contributed by atoms with Gasteiger partial charge in [0.25, 0.3) is 0 Å². The zero-order chi connectivity index (χ0) is 14.6. The van der Waals surface area contributed by atoms with Gasteiger partial charge in [-0.3, -0.25) is 4.79 Å². The Kier molecular flexibility index (Phi) is 4.52. The molecule has 20 heavy (non-hydrogen) atoms. The number of hydrogen-bond acceptors (Lipinski definition) is 4. The van der Waals surface area contributed by atoms with E-state index in [0.717, 1.165) is 10.6 Å². The Morgan fingerprint density at radius 1 is 1.40 bits per heavy atom. The molecule has 1 heterocycles. The van der Waals surface area contributed by atoms with E-state index in [0.29, 0.717) is 0 Å². The Hall–Kier alpha value is -1.72. The van der Waals surface area contributed by atoms with Crippen LogP contribution in [0.25, 0.3) is 0 Å². The lowest BCUT2D eigenvalue weighted by Crippen LogP contribution is -2.41. The Morgan fingerprint density at radius 2 is 2.10 bits per heavy atom. The highest BCUT2D eigenvalue weighted by atomic mass is 32.1. The number of rotatable bonds is 5. The van der Waals surface area contributed by atoms with Gasteiger partial charge in [0.1, 0.15) is 5.01 Å². The normalized spacial score (nSPS) is 12.9. The van der Waals surface area contributed by atoms with Gasteiger partial charge in [-0.15, -0.1) is 11.3 Å². The molecule has 0 spiro atoms. The van der Waals surface area contributed by atoms with E-state index in [9.17, 15) is 4.79 Å². The minimum Gasteiger partial charge on any atom is -0.345 e. The highest BCUT2D eigenvalue weighted by molar-refractivity contribution is 7.09. The molecule has 1 atom stereocenters. The van der Waals surface area contributed by atoms with Crippen molar-refractivity contribution in [1.29, 1.82) is 0 Å². The van der Waals surface area contributed by atoms with E-state index in [2.05, 4.69) is 10.3 Å². The summed E-state index contributed by atoms with van der Waals surface area (Å²) < 4.78 is 0. The van der Waals surface area contributed by atoms with Gasteiger partial charge in [0.05, 0.1) is 5.54 Å². The third kappa shape index (κ3) is 3.65. The zero-order valence-corrected chi connectivity index (χ0v) is 12.5. The first-order valence-electron chi connectivity index (χ1n) is 6.50. The fourth-order valence-electron chi connectivity index (χ4n) is 2.00. The summed E-state index contributed by atoms with van der Waals surface area (Å²) in [5, 5.41) is 5.78. The van der Waals surface area contributed by atoms with Crippen LogP contribution in [0, 0.1) is 0 Å². The molecule has 4 nitrogen and oxygen atoms in total. The van der Waals surface area contributed by atoms with Gasteiger partial charge < -0.3 is 11.1 Å². The van der Waals surface area contributed by atoms with Crippen LogP contribution in [0.3, 0.4) is 0 Å².